The number of nitrogens with zero attached hydrogens (tertiary/aromatic N) is 2. The van der Waals surface area contributed by atoms with Crippen molar-refractivity contribution in [3.05, 3.63) is 18.1 Å². The average molecular weight is 210 g/mol. The summed E-state index contributed by atoms with van der Waals surface area (Å²) >= 11 is 0. The second kappa shape index (κ2) is 4.57. The van der Waals surface area contributed by atoms with Crippen LogP contribution in [0.1, 0.15) is 39.0 Å². The van der Waals surface area contributed by atoms with E-state index in [-0.39, 0.29) is 5.41 Å². The summed E-state index contributed by atoms with van der Waals surface area (Å²) in [7, 11) is 1.53. The Labute approximate surface area is 90.3 Å². The van der Waals surface area contributed by atoms with Crippen LogP contribution in [0, 0.1) is 5.41 Å². The molecule has 0 aliphatic heterocycles. The molecule has 1 aromatic heterocycles. The Bertz CT molecular complexity index is 321. The lowest BCUT2D eigenvalue weighted by Gasteiger charge is -2.22. The summed E-state index contributed by atoms with van der Waals surface area (Å²) in [5, 5.41) is 9.99. The zero-order valence-corrected chi connectivity index (χ0v) is 9.69. The normalized spacial score (nSPS) is 13.7. The van der Waals surface area contributed by atoms with E-state index >= 15 is 0 Å². The fraction of sp³-hybridized carbons (Fsp3) is 0.636. The first-order valence-electron chi connectivity index (χ1n) is 4.97. The molecule has 0 aromatic carbocycles. The Morgan fingerprint density at radius 2 is 1.93 bits per heavy atom. The third-order valence-electron chi connectivity index (χ3n) is 2.01. The zero-order valence-electron chi connectivity index (χ0n) is 9.69. The predicted molar refractivity (Wildman–Crippen MR) is 57.6 cm³/mol. The summed E-state index contributed by atoms with van der Waals surface area (Å²) in [5.41, 5.74) is 0.553. The predicted octanol–water partition coefficient (Wildman–Crippen LogP) is 1.95. The van der Waals surface area contributed by atoms with Crippen LogP contribution in [-0.2, 0) is 0 Å². The number of hydrogen-bond acceptors (Lipinski definition) is 4. The molecule has 15 heavy (non-hydrogen) atoms. The standard InChI is InChI=1S/C11H18N2O2/c1-11(2,3)7-8(14)9-10(15-4)13-6-5-12-9/h5-6,8,14H,7H2,1-4H3. The summed E-state index contributed by atoms with van der Waals surface area (Å²) < 4.78 is 5.05. The third-order valence-corrected chi connectivity index (χ3v) is 2.01. The average Bonchev–Trinajstić information content (AvgIpc) is 2.15. The summed E-state index contributed by atoms with van der Waals surface area (Å²) in [6.07, 6.45) is 3.10. The van der Waals surface area contributed by atoms with E-state index in [9.17, 15) is 5.11 Å². The summed E-state index contributed by atoms with van der Waals surface area (Å²) in [6, 6.07) is 0. The summed E-state index contributed by atoms with van der Waals surface area (Å²) in [6.45, 7) is 6.21. The monoisotopic (exact) mass is 210 g/mol. The lowest BCUT2D eigenvalue weighted by atomic mass is 9.88. The van der Waals surface area contributed by atoms with E-state index < -0.39 is 6.10 Å². The van der Waals surface area contributed by atoms with Gasteiger partial charge >= 0.3 is 0 Å². The van der Waals surface area contributed by atoms with Crippen molar-refractivity contribution in [1.82, 2.24) is 9.97 Å². The van der Waals surface area contributed by atoms with E-state index in [4.69, 9.17) is 4.74 Å². The number of aromatic nitrogens is 2. The third kappa shape index (κ3) is 3.47. The molecule has 4 heteroatoms. The fourth-order valence-electron chi connectivity index (χ4n) is 1.40. The molecule has 0 bridgehead atoms. The summed E-state index contributed by atoms with van der Waals surface area (Å²) in [5.74, 6) is 0.397. The van der Waals surface area contributed by atoms with E-state index in [1.165, 1.54) is 7.11 Å². The van der Waals surface area contributed by atoms with Gasteiger partial charge in [-0.1, -0.05) is 20.8 Å². The number of aliphatic hydroxyl groups excluding tert-OH is 1. The minimum atomic E-state index is -0.631. The van der Waals surface area contributed by atoms with Crippen LogP contribution in [-0.4, -0.2) is 22.2 Å². The van der Waals surface area contributed by atoms with Gasteiger partial charge in [0.25, 0.3) is 0 Å². The van der Waals surface area contributed by atoms with Crippen molar-refractivity contribution in [3.8, 4) is 5.88 Å². The minimum absolute atomic E-state index is 0.0436. The number of rotatable bonds is 3. The first kappa shape index (κ1) is 11.9. The molecule has 4 nitrogen and oxygen atoms in total. The van der Waals surface area contributed by atoms with E-state index in [2.05, 4.69) is 30.7 Å². The molecule has 0 radical (unpaired) electrons. The molecule has 1 atom stereocenters. The molecule has 84 valence electrons. The second-order valence-electron chi connectivity index (χ2n) is 4.73. The highest BCUT2D eigenvalue weighted by molar-refractivity contribution is 5.19. The fourth-order valence-corrected chi connectivity index (χ4v) is 1.40. The van der Waals surface area contributed by atoms with Crippen molar-refractivity contribution in [2.75, 3.05) is 7.11 Å². The molecule has 0 saturated carbocycles. The maximum Gasteiger partial charge on any atom is 0.238 e. The van der Waals surface area contributed by atoms with Crippen molar-refractivity contribution in [3.63, 3.8) is 0 Å². The van der Waals surface area contributed by atoms with Crippen LogP contribution in [0.25, 0.3) is 0 Å². The van der Waals surface area contributed by atoms with Crippen LogP contribution in [0.15, 0.2) is 12.4 Å². The van der Waals surface area contributed by atoms with E-state index in [0.29, 0.717) is 18.0 Å². The van der Waals surface area contributed by atoms with Crippen molar-refractivity contribution >= 4 is 0 Å². The largest absolute Gasteiger partial charge is 0.480 e. The van der Waals surface area contributed by atoms with Crippen LogP contribution in [0.2, 0.25) is 0 Å². The van der Waals surface area contributed by atoms with Crippen molar-refractivity contribution in [2.24, 2.45) is 5.41 Å². The van der Waals surface area contributed by atoms with E-state index in [1.807, 2.05) is 0 Å². The van der Waals surface area contributed by atoms with Crippen LogP contribution in [0.5, 0.6) is 5.88 Å². The first-order chi connectivity index (χ1) is 6.94. The van der Waals surface area contributed by atoms with Crippen LogP contribution >= 0.6 is 0 Å². The van der Waals surface area contributed by atoms with Gasteiger partial charge < -0.3 is 9.84 Å². The second-order valence-corrected chi connectivity index (χ2v) is 4.73. The topological polar surface area (TPSA) is 55.2 Å². The Morgan fingerprint density at radius 3 is 2.47 bits per heavy atom. The van der Waals surface area contributed by atoms with Gasteiger partial charge in [0.2, 0.25) is 5.88 Å². The van der Waals surface area contributed by atoms with Gasteiger partial charge in [0.05, 0.1) is 7.11 Å². The molecule has 1 heterocycles. The van der Waals surface area contributed by atoms with E-state index in [0.717, 1.165) is 0 Å². The number of aliphatic hydroxyl groups is 1. The smallest absolute Gasteiger partial charge is 0.238 e. The van der Waals surface area contributed by atoms with Gasteiger partial charge in [-0.3, -0.25) is 4.98 Å². The highest BCUT2D eigenvalue weighted by Gasteiger charge is 2.22. The van der Waals surface area contributed by atoms with Crippen LogP contribution in [0.4, 0.5) is 0 Å². The Morgan fingerprint density at radius 1 is 1.33 bits per heavy atom. The van der Waals surface area contributed by atoms with E-state index in [1.54, 1.807) is 12.4 Å². The molecule has 1 N–H and O–H groups in total. The Kier molecular flexibility index (Phi) is 3.63. The van der Waals surface area contributed by atoms with Crippen molar-refractivity contribution in [2.45, 2.75) is 33.3 Å². The molecule has 1 rings (SSSR count). The molecule has 0 spiro atoms. The quantitative estimate of drug-likeness (QED) is 0.828. The lowest BCUT2D eigenvalue weighted by molar-refractivity contribution is 0.114. The molecule has 0 amide bonds. The van der Waals surface area contributed by atoms with Gasteiger partial charge in [0, 0.05) is 12.4 Å². The van der Waals surface area contributed by atoms with Crippen LogP contribution in [0.3, 0.4) is 0 Å². The van der Waals surface area contributed by atoms with Gasteiger partial charge in [-0.05, 0) is 11.8 Å². The molecular formula is C11H18N2O2. The van der Waals surface area contributed by atoms with Gasteiger partial charge in [-0.2, -0.15) is 0 Å². The van der Waals surface area contributed by atoms with Crippen molar-refractivity contribution < 1.29 is 9.84 Å². The minimum Gasteiger partial charge on any atom is -0.480 e. The molecule has 1 aromatic rings. The number of hydrogen-bond donors (Lipinski definition) is 1. The molecule has 0 fully saturated rings. The number of methoxy groups -OCH3 is 1. The molecular weight excluding hydrogens is 192 g/mol. The van der Waals surface area contributed by atoms with Crippen molar-refractivity contribution in [1.29, 1.82) is 0 Å². The molecule has 0 aliphatic rings. The highest BCUT2D eigenvalue weighted by Crippen LogP contribution is 2.31. The Balaban J connectivity index is 2.86. The molecule has 0 aliphatic carbocycles. The first-order valence-corrected chi connectivity index (χ1v) is 4.97. The lowest BCUT2D eigenvalue weighted by Crippen LogP contribution is -2.13. The van der Waals surface area contributed by atoms with Crippen LogP contribution < -0.4 is 4.74 Å². The van der Waals surface area contributed by atoms with Gasteiger partial charge in [-0.15, -0.1) is 0 Å². The molecule has 1 unspecified atom stereocenters. The zero-order chi connectivity index (χ0) is 11.5. The van der Waals surface area contributed by atoms with Gasteiger partial charge in [0.15, 0.2) is 0 Å². The maximum atomic E-state index is 9.99. The molecule has 0 saturated heterocycles. The van der Waals surface area contributed by atoms with Gasteiger partial charge in [0.1, 0.15) is 11.8 Å². The highest BCUT2D eigenvalue weighted by atomic mass is 16.5. The SMILES string of the molecule is COc1nccnc1C(O)CC(C)(C)C. The summed E-state index contributed by atoms with van der Waals surface area (Å²) in [4.78, 5) is 8.10. The Hall–Kier alpha value is -1.16. The van der Waals surface area contributed by atoms with Gasteiger partial charge in [-0.25, -0.2) is 4.98 Å². The number of ether oxygens (including phenoxy) is 1. The maximum absolute atomic E-state index is 9.99.